The SMILES string of the molecule is COc1ccccc1CN(CCCO)C1CCC1. The molecule has 2 rings (SSSR count). The van der Waals surface area contributed by atoms with Crippen LogP contribution in [-0.2, 0) is 6.54 Å². The summed E-state index contributed by atoms with van der Waals surface area (Å²) in [6.07, 6.45) is 4.78. The van der Waals surface area contributed by atoms with Gasteiger partial charge in [0.15, 0.2) is 0 Å². The zero-order chi connectivity index (χ0) is 12.8. The number of benzene rings is 1. The van der Waals surface area contributed by atoms with E-state index >= 15 is 0 Å². The first-order valence-electron chi connectivity index (χ1n) is 6.82. The second kappa shape index (κ2) is 6.76. The number of aliphatic hydroxyl groups excluding tert-OH is 1. The van der Waals surface area contributed by atoms with Crippen LogP contribution < -0.4 is 4.74 Å². The van der Waals surface area contributed by atoms with Crippen molar-refractivity contribution >= 4 is 0 Å². The molecule has 18 heavy (non-hydrogen) atoms. The molecule has 0 aliphatic heterocycles. The van der Waals surface area contributed by atoms with Gasteiger partial charge in [-0.1, -0.05) is 24.6 Å². The van der Waals surface area contributed by atoms with Crippen molar-refractivity contribution in [2.75, 3.05) is 20.3 Å². The van der Waals surface area contributed by atoms with E-state index < -0.39 is 0 Å². The van der Waals surface area contributed by atoms with Crippen molar-refractivity contribution in [3.8, 4) is 5.75 Å². The first-order valence-corrected chi connectivity index (χ1v) is 6.82. The van der Waals surface area contributed by atoms with E-state index in [0.29, 0.717) is 6.04 Å². The van der Waals surface area contributed by atoms with Crippen molar-refractivity contribution in [3.63, 3.8) is 0 Å². The van der Waals surface area contributed by atoms with E-state index in [1.807, 2.05) is 12.1 Å². The van der Waals surface area contributed by atoms with Crippen LogP contribution in [0, 0.1) is 0 Å². The lowest BCUT2D eigenvalue weighted by Crippen LogP contribution is -2.40. The highest BCUT2D eigenvalue weighted by Crippen LogP contribution is 2.28. The minimum Gasteiger partial charge on any atom is -0.496 e. The van der Waals surface area contributed by atoms with Gasteiger partial charge in [0.1, 0.15) is 5.75 Å². The lowest BCUT2D eigenvalue weighted by Gasteiger charge is -2.37. The van der Waals surface area contributed by atoms with Gasteiger partial charge < -0.3 is 9.84 Å². The molecule has 0 spiro atoms. The number of para-hydroxylation sites is 1. The Labute approximate surface area is 109 Å². The van der Waals surface area contributed by atoms with Gasteiger partial charge in [-0.2, -0.15) is 0 Å². The number of nitrogens with zero attached hydrogens (tertiary/aromatic N) is 1. The van der Waals surface area contributed by atoms with Gasteiger partial charge in [0, 0.05) is 31.3 Å². The Morgan fingerprint density at radius 1 is 1.33 bits per heavy atom. The Morgan fingerprint density at radius 2 is 2.11 bits per heavy atom. The van der Waals surface area contributed by atoms with Gasteiger partial charge in [-0.15, -0.1) is 0 Å². The summed E-state index contributed by atoms with van der Waals surface area (Å²) in [6.45, 7) is 2.17. The summed E-state index contributed by atoms with van der Waals surface area (Å²) in [4.78, 5) is 2.48. The molecule has 0 unspecified atom stereocenters. The summed E-state index contributed by atoms with van der Waals surface area (Å²) < 4.78 is 5.41. The normalized spacial score (nSPS) is 15.7. The Balaban J connectivity index is 2.02. The molecule has 3 heteroatoms. The van der Waals surface area contributed by atoms with Crippen LogP contribution in [0.3, 0.4) is 0 Å². The highest BCUT2D eigenvalue weighted by Gasteiger charge is 2.25. The van der Waals surface area contributed by atoms with Crippen molar-refractivity contribution in [1.29, 1.82) is 0 Å². The quantitative estimate of drug-likeness (QED) is 0.805. The average molecular weight is 249 g/mol. The molecule has 1 aliphatic rings. The molecule has 1 aromatic rings. The lowest BCUT2D eigenvalue weighted by molar-refractivity contribution is 0.108. The second-order valence-corrected chi connectivity index (χ2v) is 4.94. The molecule has 1 N–H and O–H groups in total. The monoisotopic (exact) mass is 249 g/mol. The molecule has 1 aromatic carbocycles. The molecule has 3 nitrogen and oxygen atoms in total. The molecule has 0 atom stereocenters. The van der Waals surface area contributed by atoms with Gasteiger partial charge >= 0.3 is 0 Å². The average Bonchev–Trinajstić information content (AvgIpc) is 2.34. The first-order chi connectivity index (χ1) is 8.85. The Kier molecular flexibility index (Phi) is 5.02. The van der Waals surface area contributed by atoms with E-state index in [1.54, 1.807) is 7.11 Å². The van der Waals surface area contributed by atoms with E-state index in [2.05, 4.69) is 17.0 Å². The van der Waals surface area contributed by atoms with E-state index in [1.165, 1.54) is 24.8 Å². The molecule has 0 bridgehead atoms. The maximum absolute atomic E-state index is 9.00. The van der Waals surface area contributed by atoms with Crippen molar-refractivity contribution in [2.45, 2.75) is 38.3 Å². The summed E-state index contributed by atoms with van der Waals surface area (Å²) in [5.41, 5.74) is 1.24. The van der Waals surface area contributed by atoms with Crippen LogP contribution in [0.4, 0.5) is 0 Å². The van der Waals surface area contributed by atoms with E-state index in [0.717, 1.165) is 25.3 Å². The van der Waals surface area contributed by atoms with Gasteiger partial charge in [0.25, 0.3) is 0 Å². The van der Waals surface area contributed by atoms with Gasteiger partial charge in [0.2, 0.25) is 0 Å². The van der Waals surface area contributed by atoms with Gasteiger partial charge in [0.05, 0.1) is 7.11 Å². The number of hydrogen-bond donors (Lipinski definition) is 1. The molecular weight excluding hydrogens is 226 g/mol. The molecule has 1 aliphatic carbocycles. The smallest absolute Gasteiger partial charge is 0.123 e. The van der Waals surface area contributed by atoms with Crippen molar-refractivity contribution in [2.24, 2.45) is 0 Å². The van der Waals surface area contributed by atoms with Crippen LogP contribution in [0.1, 0.15) is 31.2 Å². The van der Waals surface area contributed by atoms with Crippen LogP contribution in [0.25, 0.3) is 0 Å². The van der Waals surface area contributed by atoms with Crippen LogP contribution in [0.15, 0.2) is 24.3 Å². The van der Waals surface area contributed by atoms with Gasteiger partial charge in [-0.05, 0) is 25.3 Å². The molecule has 0 radical (unpaired) electrons. The third-order valence-corrected chi connectivity index (χ3v) is 3.76. The minimum atomic E-state index is 0.273. The van der Waals surface area contributed by atoms with Crippen LogP contribution in [-0.4, -0.2) is 36.3 Å². The van der Waals surface area contributed by atoms with Gasteiger partial charge in [-0.25, -0.2) is 0 Å². The number of methoxy groups -OCH3 is 1. The Morgan fingerprint density at radius 3 is 2.72 bits per heavy atom. The third kappa shape index (κ3) is 3.24. The highest BCUT2D eigenvalue weighted by atomic mass is 16.5. The maximum Gasteiger partial charge on any atom is 0.123 e. The van der Waals surface area contributed by atoms with Crippen LogP contribution in [0.5, 0.6) is 5.75 Å². The summed E-state index contributed by atoms with van der Waals surface area (Å²) >= 11 is 0. The largest absolute Gasteiger partial charge is 0.496 e. The number of hydrogen-bond acceptors (Lipinski definition) is 3. The predicted molar refractivity (Wildman–Crippen MR) is 72.7 cm³/mol. The zero-order valence-electron chi connectivity index (χ0n) is 11.1. The lowest BCUT2D eigenvalue weighted by atomic mass is 9.91. The third-order valence-electron chi connectivity index (χ3n) is 3.76. The zero-order valence-corrected chi connectivity index (χ0v) is 11.1. The molecule has 100 valence electrons. The summed E-state index contributed by atoms with van der Waals surface area (Å²) in [5, 5.41) is 9.00. The van der Waals surface area contributed by atoms with E-state index in [9.17, 15) is 0 Å². The fraction of sp³-hybridized carbons (Fsp3) is 0.600. The molecular formula is C15H23NO2. The maximum atomic E-state index is 9.00. The van der Waals surface area contributed by atoms with Crippen molar-refractivity contribution in [3.05, 3.63) is 29.8 Å². The fourth-order valence-corrected chi connectivity index (χ4v) is 2.47. The minimum absolute atomic E-state index is 0.273. The summed E-state index contributed by atoms with van der Waals surface area (Å²) in [7, 11) is 1.72. The molecule has 0 saturated heterocycles. The number of aliphatic hydroxyl groups is 1. The fourth-order valence-electron chi connectivity index (χ4n) is 2.47. The molecule has 0 heterocycles. The summed E-state index contributed by atoms with van der Waals surface area (Å²) in [5.74, 6) is 0.964. The van der Waals surface area contributed by atoms with Crippen molar-refractivity contribution < 1.29 is 9.84 Å². The molecule has 0 aromatic heterocycles. The number of rotatable bonds is 7. The molecule has 0 amide bonds. The molecule has 1 saturated carbocycles. The van der Waals surface area contributed by atoms with Crippen molar-refractivity contribution in [1.82, 2.24) is 4.90 Å². The van der Waals surface area contributed by atoms with E-state index in [-0.39, 0.29) is 6.61 Å². The molecule has 1 fully saturated rings. The second-order valence-electron chi connectivity index (χ2n) is 4.94. The van der Waals surface area contributed by atoms with Crippen LogP contribution in [0.2, 0.25) is 0 Å². The van der Waals surface area contributed by atoms with Crippen LogP contribution >= 0.6 is 0 Å². The Hall–Kier alpha value is -1.06. The highest BCUT2D eigenvalue weighted by molar-refractivity contribution is 5.33. The Bertz CT molecular complexity index is 363. The summed E-state index contributed by atoms with van der Waals surface area (Å²) in [6, 6.07) is 8.90. The number of ether oxygens (including phenoxy) is 1. The van der Waals surface area contributed by atoms with Gasteiger partial charge in [-0.3, -0.25) is 4.90 Å². The van der Waals surface area contributed by atoms with E-state index in [4.69, 9.17) is 9.84 Å². The first kappa shape index (κ1) is 13.4. The topological polar surface area (TPSA) is 32.7 Å². The standard InChI is InChI=1S/C15H23NO2/c1-18-15-9-3-2-6-13(15)12-16(10-5-11-17)14-7-4-8-14/h2-3,6,9,14,17H,4-5,7-8,10-12H2,1H3. The predicted octanol–water partition coefficient (Wildman–Crippen LogP) is 2.43.